The van der Waals surface area contributed by atoms with Gasteiger partial charge in [0.25, 0.3) is 5.91 Å². The maximum atomic E-state index is 14.1. The number of ether oxygens (including phenoxy) is 1. The van der Waals surface area contributed by atoms with Crippen LogP contribution in [0.15, 0.2) is 29.8 Å². The van der Waals surface area contributed by atoms with E-state index in [-0.39, 0.29) is 5.56 Å². The highest BCUT2D eigenvalue weighted by Gasteiger charge is 2.45. The molecule has 2 bridgehead atoms. The quantitative estimate of drug-likeness (QED) is 0.277. The number of piperidine rings is 3. The predicted octanol–water partition coefficient (Wildman–Crippen LogP) is 5.52. The van der Waals surface area contributed by atoms with E-state index in [1.165, 1.54) is 51.6 Å². The Hall–Kier alpha value is -2.13. The lowest BCUT2D eigenvalue weighted by molar-refractivity contribution is -0.274. The highest BCUT2D eigenvalue weighted by molar-refractivity contribution is 5.94. The minimum absolute atomic E-state index is 0.291. The first-order valence-electron chi connectivity index (χ1n) is 13.8. The summed E-state index contributed by atoms with van der Waals surface area (Å²) in [6.45, 7) is 5.10. The predicted molar refractivity (Wildman–Crippen MR) is 133 cm³/mol. The number of fused-ring (bicyclic) bond motifs is 6. The van der Waals surface area contributed by atoms with E-state index in [4.69, 9.17) is 0 Å². The monoisotopic (exact) mass is 523 g/mol. The molecule has 9 heteroatoms. The minimum atomic E-state index is -4.91. The van der Waals surface area contributed by atoms with E-state index in [9.17, 15) is 22.4 Å². The second-order valence-electron chi connectivity index (χ2n) is 11.0. The van der Waals surface area contributed by atoms with Crippen molar-refractivity contribution in [2.24, 2.45) is 11.8 Å². The number of nitrogens with one attached hydrogen (secondary N) is 1. The van der Waals surface area contributed by atoms with Crippen molar-refractivity contribution in [2.45, 2.75) is 76.2 Å². The summed E-state index contributed by atoms with van der Waals surface area (Å²) in [6.07, 6.45) is 8.36. The first-order chi connectivity index (χ1) is 17.8. The standard InChI is InChI=1S/C28H37F4N3O2/c29-24-17-22(37-28(30,31)32)9-10-23(24)27(36)33-11-3-1-4-12-34-14-6-7-19-15-20-16-21(26(19)34)18-35-13-5-2-8-25(20)35/h9-10,15,17,20-21,25-26H,1-8,11-14,16,18H2,(H,33,36)/t20-,21+,25+,26+/m0/s1. The lowest BCUT2D eigenvalue weighted by atomic mass is 9.68. The minimum Gasteiger partial charge on any atom is -0.406 e. The molecule has 3 aliphatic heterocycles. The van der Waals surface area contributed by atoms with Gasteiger partial charge in [0.1, 0.15) is 11.6 Å². The van der Waals surface area contributed by atoms with E-state index in [1.807, 2.05) is 0 Å². The molecule has 0 aromatic heterocycles. The normalized spacial score (nSPS) is 28.2. The Labute approximate surface area is 216 Å². The van der Waals surface area contributed by atoms with Crippen molar-refractivity contribution in [1.82, 2.24) is 15.1 Å². The lowest BCUT2D eigenvalue weighted by Gasteiger charge is -2.55. The first kappa shape index (κ1) is 26.5. The Morgan fingerprint density at radius 2 is 1.97 bits per heavy atom. The van der Waals surface area contributed by atoms with Gasteiger partial charge in [0.05, 0.1) is 5.56 Å². The summed E-state index contributed by atoms with van der Waals surface area (Å²) < 4.78 is 54.7. The molecule has 1 aromatic rings. The van der Waals surface area contributed by atoms with Crippen LogP contribution in [0.5, 0.6) is 5.75 Å². The molecule has 0 radical (unpaired) electrons. The van der Waals surface area contributed by atoms with Gasteiger partial charge in [-0.3, -0.25) is 14.6 Å². The number of halogens is 4. The molecule has 0 unspecified atom stereocenters. The molecule has 3 saturated heterocycles. The van der Waals surface area contributed by atoms with E-state index in [2.05, 4.69) is 25.9 Å². The van der Waals surface area contributed by atoms with Crippen molar-refractivity contribution < 1.29 is 27.1 Å². The summed E-state index contributed by atoms with van der Waals surface area (Å²) in [4.78, 5) is 17.7. The van der Waals surface area contributed by atoms with E-state index < -0.39 is 23.8 Å². The second kappa shape index (κ2) is 11.3. The number of rotatable bonds is 8. The van der Waals surface area contributed by atoms with Crippen LogP contribution in [-0.2, 0) is 0 Å². The van der Waals surface area contributed by atoms with Crippen LogP contribution in [0.4, 0.5) is 17.6 Å². The fourth-order valence-corrected chi connectivity index (χ4v) is 7.13. The zero-order chi connectivity index (χ0) is 26.0. The molecule has 1 aliphatic carbocycles. The number of carbonyl (C=O) groups is 1. The fraction of sp³-hybridized carbons (Fsp3) is 0.679. The van der Waals surface area contributed by atoms with Gasteiger partial charge in [-0.25, -0.2) is 4.39 Å². The Morgan fingerprint density at radius 1 is 1.11 bits per heavy atom. The van der Waals surface area contributed by atoms with Crippen LogP contribution in [-0.4, -0.2) is 66.9 Å². The van der Waals surface area contributed by atoms with Crippen molar-refractivity contribution in [1.29, 1.82) is 0 Å². The number of unbranched alkanes of at least 4 members (excludes halogenated alkanes) is 2. The van der Waals surface area contributed by atoms with Crippen LogP contribution in [0, 0.1) is 17.7 Å². The van der Waals surface area contributed by atoms with Crippen LogP contribution < -0.4 is 10.1 Å². The molecule has 1 aromatic carbocycles. The molecule has 4 aliphatic rings. The summed E-state index contributed by atoms with van der Waals surface area (Å²) >= 11 is 0. The number of hydrogen-bond donors (Lipinski definition) is 1. The summed E-state index contributed by atoms with van der Waals surface area (Å²) in [7, 11) is 0. The SMILES string of the molecule is O=C(NCCCCCN1CCCC2=C[C@H]3C[C@H](CN4CCCC[C@H]34)[C@@H]21)c1ccc(OC(F)(F)F)cc1F. The molecular weight excluding hydrogens is 486 g/mol. The van der Waals surface area contributed by atoms with Gasteiger partial charge < -0.3 is 10.1 Å². The van der Waals surface area contributed by atoms with Crippen molar-refractivity contribution in [3.05, 3.63) is 41.2 Å². The number of amides is 1. The van der Waals surface area contributed by atoms with Gasteiger partial charge in [0.15, 0.2) is 0 Å². The molecule has 1 amide bonds. The summed E-state index contributed by atoms with van der Waals surface area (Å²) in [5, 5.41) is 2.68. The van der Waals surface area contributed by atoms with Crippen LogP contribution >= 0.6 is 0 Å². The second-order valence-corrected chi connectivity index (χ2v) is 11.0. The van der Waals surface area contributed by atoms with Gasteiger partial charge in [-0.05, 0) is 88.5 Å². The summed E-state index contributed by atoms with van der Waals surface area (Å²) in [5.74, 6) is -0.878. The number of benzene rings is 1. The van der Waals surface area contributed by atoms with Gasteiger partial charge in [-0.15, -0.1) is 13.2 Å². The maximum absolute atomic E-state index is 14.1. The maximum Gasteiger partial charge on any atom is 0.573 e. The van der Waals surface area contributed by atoms with Crippen LogP contribution in [0.1, 0.15) is 68.1 Å². The van der Waals surface area contributed by atoms with E-state index in [0.29, 0.717) is 18.7 Å². The van der Waals surface area contributed by atoms with Crippen LogP contribution in [0.3, 0.4) is 0 Å². The summed E-state index contributed by atoms with van der Waals surface area (Å²) in [5.41, 5.74) is 1.39. The molecule has 204 valence electrons. The number of alkyl halides is 3. The smallest absolute Gasteiger partial charge is 0.406 e. The Morgan fingerprint density at radius 3 is 2.78 bits per heavy atom. The Balaban J connectivity index is 1.06. The highest BCUT2D eigenvalue weighted by atomic mass is 19.4. The van der Waals surface area contributed by atoms with E-state index in [0.717, 1.165) is 62.4 Å². The van der Waals surface area contributed by atoms with Crippen molar-refractivity contribution in [3.63, 3.8) is 0 Å². The third-order valence-corrected chi connectivity index (χ3v) is 8.59. The van der Waals surface area contributed by atoms with Crippen molar-refractivity contribution >= 4 is 5.91 Å². The average molecular weight is 524 g/mol. The molecule has 37 heavy (non-hydrogen) atoms. The molecule has 0 saturated carbocycles. The van der Waals surface area contributed by atoms with Gasteiger partial charge in [0.2, 0.25) is 0 Å². The van der Waals surface area contributed by atoms with E-state index >= 15 is 0 Å². The molecule has 3 heterocycles. The first-order valence-corrected chi connectivity index (χ1v) is 13.8. The van der Waals surface area contributed by atoms with Gasteiger partial charge >= 0.3 is 6.36 Å². The molecule has 5 nitrogen and oxygen atoms in total. The highest BCUT2D eigenvalue weighted by Crippen LogP contribution is 2.45. The molecule has 5 rings (SSSR count). The van der Waals surface area contributed by atoms with Crippen molar-refractivity contribution in [2.75, 3.05) is 32.7 Å². The molecular formula is C28H37F4N3O2. The number of carbonyl (C=O) groups excluding carboxylic acids is 1. The van der Waals surface area contributed by atoms with Crippen molar-refractivity contribution in [3.8, 4) is 5.75 Å². The number of nitrogens with zero attached hydrogens (tertiary/aromatic N) is 2. The molecule has 3 fully saturated rings. The van der Waals surface area contributed by atoms with Crippen LogP contribution in [0.25, 0.3) is 0 Å². The summed E-state index contributed by atoms with van der Waals surface area (Å²) in [6, 6.07) is 3.88. The number of hydrogen-bond acceptors (Lipinski definition) is 4. The molecule has 0 spiro atoms. The third-order valence-electron chi connectivity index (χ3n) is 8.59. The van der Waals surface area contributed by atoms with Gasteiger partial charge in [0, 0.05) is 31.2 Å². The third kappa shape index (κ3) is 6.30. The van der Waals surface area contributed by atoms with E-state index in [1.54, 1.807) is 5.57 Å². The largest absolute Gasteiger partial charge is 0.573 e. The fourth-order valence-electron chi connectivity index (χ4n) is 7.13. The zero-order valence-corrected chi connectivity index (χ0v) is 21.2. The number of likely N-dealkylation sites (tertiary alicyclic amines) is 1. The van der Waals surface area contributed by atoms with Gasteiger partial charge in [-0.1, -0.05) is 24.5 Å². The average Bonchev–Trinajstić information content (AvgIpc) is 2.85. The molecule has 1 N–H and O–H groups in total. The topological polar surface area (TPSA) is 44.8 Å². The van der Waals surface area contributed by atoms with Crippen LogP contribution in [0.2, 0.25) is 0 Å². The zero-order valence-electron chi connectivity index (χ0n) is 21.2. The molecule has 4 atom stereocenters. The lowest BCUT2D eigenvalue weighted by Crippen LogP contribution is -2.59. The Kier molecular flexibility index (Phi) is 8.10. The Bertz CT molecular complexity index is 998. The van der Waals surface area contributed by atoms with Gasteiger partial charge in [-0.2, -0.15) is 0 Å².